The van der Waals surface area contributed by atoms with Gasteiger partial charge in [0.2, 0.25) is 4.96 Å². The number of aromatic nitrogens is 3. The number of hydrogen-bond donors (Lipinski definition) is 1. The SMILES string of the molecule is O=C(NCCc1csc2nc(-c3ccccc3F)nn12)c1cc(C(F)(F)F)cc(C(F)(F)F)c1. The molecule has 0 saturated heterocycles. The molecule has 0 fully saturated rings. The summed E-state index contributed by atoms with van der Waals surface area (Å²) in [5.74, 6) is -1.44. The third kappa shape index (κ3) is 4.88. The third-order valence-electron chi connectivity index (χ3n) is 4.78. The van der Waals surface area contributed by atoms with Crippen LogP contribution in [0.4, 0.5) is 30.7 Å². The molecule has 1 amide bonds. The van der Waals surface area contributed by atoms with Gasteiger partial charge in [0.1, 0.15) is 5.82 Å². The summed E-state index contributed by atoms with van der Waals surface area (Å²) < 4.78 is 93.4. The van der Waals surface area contributed by atoms with Crippen molar-refractivity contribution < 1.29 is 35.5 Å². The lowest BCUT2D eigenvalue weighted by molar-refractivity contribution is -0.143. The molecule has 13 heteroatoms. The van der Waals surface area contributed by atoms with Crippen LogP contribution in [0.3, 0.4) is 0 Å². The van der Waals surface area contributed by atoms with E-state index in [1.165, 1.54) is 34.1 Å². The van der Waals surface area contributed by atoms with Crippen LogP contribution in [-0.4, -0.2) is 27.0 Å². The minimum atomic E-state index is -5.05. The van der Waals surface area contributed by atoms with Gasteiger partial charge in [-0.2, -0.15) is 31.3 Å². The number of amides is 1. The van der Waals surface area contributed by atoms with Crippen LogP contribution < -0.4 is 5.32 Å². The number of rotatable bonds is 5. The van der Waals surface area contributed by atoms with Crippen molar-refractivity contribution in [3.05, 3.63) is 76.0 Å². The van der Waals surface area contributed by atoms with E-state index in [-0.39, 0.29) is 30.4 Å². The molecule has 2 heterocycles. The molecule has 1 N–H and O–H groups in total. The third-order valence-corrected chi connectivity index (χ3v) is 5.65. The van der Waals surface area contributed by atoms with Crippen LogP contribution in [-0.2, 0) is 18.8 Å². The Kier molecular flexibility index (Phi) is 6.06. The lowest BCUT2D eigenvalue weighted by Gasteiger charge is -2.14. The fraction of sp³-hybridized carbons (Fsp3) is 0.190. The molecular formula is C21H13F7N4OS. The van der Waals surface area contributed by atoms with E-state index < -0.39 is 40.8 Å². The number of halogens is 7. The van der Waals surface area contributed by atoms with Crippen molar-refractivity contribution in [3.8, 4) is 11.4 Å². The monoisotopic (exact) mass is 502 g/mol. The largest absolute Gasteiger partial charge is 0.416 e. The average Bonchev–Trinajstić information content (AvgIpc) is 3.34. The highest BCUT2D eigenvalue weighted by Crippen LogP contribution is 2.36. The maximum Gasteiger partial charge on any atom is 0.416 e. The standard InChI is InChI=1S/C21H13F7N4OS/c22-16-4-2-1-3-15(16)17-30-19-32(31-17)14(10-34-19)5-6-29-18(33)11-7-12(20(23,24)25)9-13(8-11)21(26,27)28/h1-4,7-10H,5-6H2,(H,29,33). The molecule has 5 nitrogen and oxygen atoms in total. The van der Waals surface area contributed by atoms with Crippen LogP contribution in [0.1, 0.15) is 27.2 Å². The van der Waals surface area contributed by atoms with Crippen LogP contribution in [0.25, 0.3) is 16.3 Å². The topological polar surface area (TPSA) is 59.3 Å². The quantitative estimate of drug-likeness (QED) is 0.361. The second-order valence-corrected chi connectivity index (χ2v) is 7.97. The Morgan fingerprint density at radius 3 is 2.26 bits per heavy atom. The summed E-state index contributed by atoms with van der Waals surface area (Å²) in [4.78, 5) is 17.0. The molecular weight excluding hydrogens is 489 g/mol. The van der Waals surface area contributed by atoms with E-state index in [1.54, 1.807) is 11.4 Å². The predicted molar refractivity (Wildman–Crippen MR) is 109 cm³/mol. The summed E-state index contributed by atoms with van der Waals surface area (Å²) in [5.41, 5.74) is -3.15. The molecule has 4 aromatic rings. The normalized spacial score (nSPS) is 12.3. The number of thiazole rings is 1. The van der Waals surface area contributed by atoms with Crippen molar-refractivity contribution in [1.29, 1.82) is 0 Å². The van der Waals surface area contributed by atoms with Gasteiger partial charge in [-0.15, -0.1) is 16.4 Å². The second-order valence-electron chi connectivity index (χ2n) is 7.14. The zero-order chi connectivity index (χ0) is 24.7. The van der Waals surface area contributed by atoms with Crippen molar-refractivity contribution in [2.75, 3.05) is 6.54 Å². The number of alkyl halides is 6. The zero-order valence-corrected chi connectivity index (χ0v) is 17.7. The molecule has 2 aromatic heterocycles. The Bertz CT molecular complexity index is 1330. The highest BCUT2D eigenvalue weighted by molar-refractivity contribution is 7.15. The fourth-order valence-corrected chi connectivity index (χ4v) is 4.00. The first kappa shape index (κ1) is 23.7. The van der Waals surface area contributed by atoms with Gasteiger partial charge in [-0.05, 0) is 30.3 Å². The molecule has 4 rings (SSSR count). The smallest absolute Gasteiger partial charge is 0.352 e. The van der Waals surface area contributed by atoms with Gasteiger partial charge in [-0.1, -0.05) is 12.1 Å². The van der Waals surface area contributed by atoms with E-state index in [0.717, 1.165) is 0 Å². The fourth-order valence-electron chi connectivity index (χ4n) is 3.15. The Hall–Kier alpha value is -3.48. The predicted octanol–water partition coefficient (Wildman–Crippen LogP) is 5.61. The van der Waals surface area contributed by atoms with E-state index in [4.69, 9.17) is 0 Å². The van der Waals surface area contributed by atoms with Gasteiger partial charge in [-0.3, -0.25) is 4.79 Å². The molecule has 0 atom stereocenters. The molecule has 0 aliphatic carbocycles. The van der Waals surface area contributed by atoms with Crippen LogP contribution >= 0.6 is 11.3 Å². The highest BCUT2D eigenvalue weighted by Gasteiger charge is 2.37. The molecule has 0 aliphatic heterocycles. The van der Waals surface area contributed by atoms with Gasteiger partial charge in [0, 0.05) is 23.9 Å². The van der Waals surface area contributed by atoms with E-state index in [0.29, 0.717) is 22.8 Å². The number of fused-ring (bicyclic) bond motifs is 1. The van der Waals surface area contributed by atoms with Gasteiger partial charge < -0.3 is 5.32 Å². The first-order valence-corrected chi connectivity index (χ1v) is 10.5. The van der Waals surface area contributed by atoms with Crippen LogP contribution in [0.2, 0.25) is 0 Å². The minimum Gasteiger partial charge on any atom is -0.352 e. The molecule has 0 spiro atoms. The van der Waals surface area contributed by atoms with Gasteiger partial charge in [0.05, 0.1) is 22.4 Å². The number of nitrogens with zero attached hydrogens (tertiary/aromatic N) is 3. The first-order valence-electron chi connectivity index (χ1n) is 9.59. The van der Waals surface area contributed by atoms with E-state index in [2.05, 4.69) is 15.4 Å². The molecule has 0 bridgehead atoms. The van der Waals surface area contributed by atoms with Crippen LogP contribution in [0.15, 0.2) is 47.8 Å². The summed E-state index contributed by atoms with van der Waals surface area (Å²) in [6.07, 6.45) is -9.96. The average molecular weight is 502 g/mol. The Labute approximate surface area is 190 Å². The minimum absolute atomic E-state index is 0.0449. The summed E-state index contributed by atoms with van der Waals surface area (Å²) in [6.45, 7) is -0.100. The lowest BCUT2D eigenvalue weighted by Crippen LogP contribution is -2.27. The number of hydrogen-bond acceptors (Lipinski definition) is 4. The maximum absolute atomic E-state index is 14.0. The lowest BCUT2D eigenvalue weighted by atomic mass is 10.0. The number of carbonyl (C=O) groups excluding carboxylic acids is 1. The molecule has 34 heavy (non-hydrogen) atoms. The molecule has 2 aromatic carbocycles. The number of benzene rings is 2. The van der Waals surface area contributed by atoms with Crippen molar-refractivity contribution in [1.82, 2.24) is 19.9 Å². The Morgan fingerprint density at radius 2 is 1.65 bits per heavy atom. The summed E-state index contributed by atoms with van der Waals surface area (Å²) >= 11 is 1.20. The first-order chi connectivity index (χ1) is 15.9. The maximum atomic E-state index is 14.0. The Balaban J connectivity index is 1.50. The van der Waals surface area contributed by atoms with Crippen LogP contribution in [0.5, 0.6) is 0 Å². The number of nitrogens with one attached hydrogen (secondary N) is 1. The molecule has 0 radical (unpaired) electrons. The zero-order valence-electron chi connectivity index (χ0n) is 16.8. The van der Waals surface area contributed by atoms with E-state index in [9.17, 15) is 35.5 Å². The molecule has 0 saturated carbocycles. The van der Waals surface area contributed by atoms with Crippen molar-refractivity contribution in [2.45, 2.75) is 18.8 Å². The van der Waals surface area contributed by atoms with Gasteiger partial charge in [0.15, 0.2) is 5.82 Å². The molecule has 178 valence electrons. The van der Waals surface area contributed by atoms with E-state index in [1.807, 2.05) is 0 Å². The van der Waals surface area contributed by atoms with E-state index >= 15 is 0 Å². The van der Waals surface area contributed by atoms with Crippen molar-refractivity contribution in [2.24, 2.45) is 0 Å². The summed E-state index contributed by atoms with van der Waals surface area (Å²) in [5, 5.41) is 8.25. The molecule has 0 aliphatic rings. The van der Waals surface area contributed by atoms with Gasteiger partial charge in [-0.25, -0.2) is 8.91 Å². The molecule has 0 unspecified atom stereocenters. The Morgan fingerprint density at radius 1 is 1.00 bits per heavy atom. The van der Waals surface area contributed by atoms with Crippen LogP contribution in [0, 0.1) is 5.82 Å². The highest BCUT2D eigenvalue weighted by atomic mass is 32.1. The summed E-state index contributed by atoms with van der Waals surface area (Å²) in [7, 11) is 0. The van der Waals surface area contributed by atoms with Gasteiger partial charge >= 0.3 is 12.4 Å². The van der Waals surface area contributed by atoms with Crippen molar-refractivity contribution in [3.63, 3.8) is 0 Å². The number of carbonyl (C=O) groups is 1. The van der Waals surface area contributed by atoms with Gasteiger partial charge in [0.25, 0.3) is 5.91 Å². The second kappa shape index (κ2) is 8.70. The van der Waals surface area contributed by atoms with Crippen molar-refractivity contribution >= 4 is 22.2 Å². The summed E-state index contributed by atoms with van der Waals surface area (Å²) in [6, 6.07) is 6.61.